The van der Waals surface area contributed by atoms with E-state index in [1.54, 1.807) is 0 Å². The van der Waals surface area contributed by atoms with E-state index in [4.69, 9.17) is 0 Å². The molecule has 2 fully saturated rings. The monoisotopic (exact) mass is 192 g/mol. The molecule has 0 aromatic heterocycles. The lowest BCUT2D eigenvalue weighted by atomic mass is 10.3. The highest BCUT2D eigenvalue weighted by molar-refractivity contribution is 5.96. The van der Waals surface area contributed by atoms with Crippen molar-refractivity contribution in [3.8, 4) is 0 Å². The van der Waals surface area contributed by atoms with Gasteiger partial charge in [0.25, 0.3) is 5.91 Å². The minimum Gasteiger partial charge on any atom is -0.317 e. The standard InChI is InChI=1S/C11H16N2O/c1-7-6-10(12-8-2-3-8)13(11(7)14)9-4-5-9/h6,8-10,12H,2-5H2,1H3. The maximum absolute atomic E-state index is 11.8. The highest BCUT2D eigenvalue weighted by Crippen LogP contribution is 2.34. The van der Waals surface area contributed by atoms with Crippen molar-refractivity contribution in [2.45, 2.75) is 50.9 Å². The summed E-state index contributed by atoms with van der Waals surface area (Å²) in [5.41, 5.74) is 0.912. The molecule has 3 aliphatic rings. The maximum atomic E-state index is 11.8. The highest BCUT2D eigenvalue weighted by atomic mass is 16.2. The summed E-state index contributed by atoms with van der Waals surface area (Å²) in [6.07, 6.45) is 7.21. The Morgan fingerprint density at radius 2 is 2.07 bits per heavy atom. The summed E-state index contributed by atoms with van der Waals surface area (Å²) in [6.45, 7) is 1.92. The Morgan fingerprint density at radius 1 is 1.36 bits per heavy atom. The first kappa shape index (κ1) is 8.48. The predicted molar refractivity (Wildman–Crippen MR) is 53.6 cm³/mol. The molecule has 3 nitrogen and oxygen atoms in total. The number of nitrogens with zero attached hydrogens (tertiary/aromatic N) is 1. The molecule has 3 heteroatoms. The van der Waals surface area contributed by atoms with Crippen molar-refractivity contribution < 1.29 is 4.79 Å². The predicted octanol–water partition coefficient (Wildman–Crippen LogP) is 1.02. The van der Waals surface area contributed by atoms with Crippen LogP contribution in [0.2, 0.25) is 0 Å². The van der Waals surface area contributed by atoms with Crippen LogP contribution in [0, 0.1) is 0 Å². The van der Waals surface area contributed by atoms with Crippen LogP contribution in [0.5, 0.6) is 0 Å². The molecule has 0 saturated heterocycles. The van der Waals surface area contributed by atoms with E-state index >= 15 is 0 Å². The summed E-state index contributed by atoms with van der Waals surface area (Å²) in [5.74, 6) is 0.241. The Bertz CT molecular complexity index is 302. The lowest BCUT2D eigenvalue weighted by Gasteiger charge is -2.25. The van der Waals surface area contributed by atoms with Gasteiger partial charge in [-0.2, -0.15) is 0 Å². The summed E-state index contributed by atoms with van der Waals surface area (Å²) in [5, 5.41) is 3.51. The summed E-state index contributed by atoms with van der Waals surface area (Å²) >= 11 is 0. The molecular formula is C11H16N2O. The van der Waals surface area contributed by atoms with Crippen LogP contribution in [0.15, 0.2) is 11.6 Å². The van der Waals surface area contributed by atoms with Crippen LogP contribution in [-0.2, 0) is 4.79 Å². The first-order valence-electron chi connectivity index (χ1n) is 5.53. The second-order valence-corrected chi connectivity index (χ2v) is 4.68. The fourth-order valence-corrected chi connectivity index (χ4v) is 2.08. The number of hydrogen-bond acceptors (Lipinski definition) is 2. The first-order chi connectivity index (χ1) is 6.75. The number of amides is 1. The zero-order valence-corrected chi connectivity index (χ0v) is 8.49. The molecule has 0 spiro atoms. The Hall–Kier alpha value is -0.830. The van der Waals surface area contributed by atoms with Crippen LogP contribution >= 0.6 is 0 Å². The molecule has 1 unspecified atom stereocenters. The zero-order valence-electron chi connectivity index (χ0n) is 8.49. The van der Waals surface area contributed by atoms with Crippen molar-refractivity contribution in [1.29, 1.82) is 0 Å². The normalized spacial score (nSPS) is 32.4. The third-order valence-electron chi connectivity index (χ3n) is 3.20. The SMILES string of the molecule is CC1=CC(NC2CC2)N(C2CC2)C1=O. The van der Waals surface area contributed by atoms with Crippen molar-refractivity contribution in [2.75, 3.05) is 0 Å². The van der Waals surface area contributed by atoms with E-state index in [9.17, 15) is 4.79 Å². The second kappa shape index (κ2) is 2.83. The van der Waals surface area contributed by atoms with Crippen LogP contribution in [-0.4, -0.2) is 29.1 Å². The minimum atomic E-state index is 0.197. The van der Waals surface area contributed by atoms with E-state index in [1.807, 2.05) is 11.8 Å². The van der Waals surface area contributed by atoms with Crippen LogP contribution in [0.4, 0.5) is 0 Å². The molecule has 76 valence electrons. The van der Waals surface area contributed by atoms with Gasteiger partial charge in [0.15, 0.2) is 0 Å². The average Bonchev–Trinajstić information content (AvgIpc) is 2.95. The zero-order chi connectivity index (χ0) is 9.71. The quantitative estimate of drug-likeness (QED) is 0.724. The summed E-state index contributed by atoms with van der Waals surface area (Å²) in [6, 6.07) is 1.18. The van der Waals surface area contributed by atoms with Gasteiger partial charge in [-0.05, 0) is 38.7 Å². The molecule has 2 aliphatic carbocycles. The molecular weight excluding hydrogens is 176 g/mol. The molecule has 1 atom stereocenters. The Kier molecular flexibility index (Phi) is 1.71. The number of carbonyl (C=O) groups is 1. The van der Waals surface area contributed by atoms with Crippen LogP contribution in [0.25, 0.3) is 0 Å². The van der Waals surface area contributed by atoms with Gasteiger partial charge >= 0.3 is 0 Å². The van der Waals surface area contributed by atoms with Crippen molar-refractivity contribution >= 4 is 5.91 Å². The van der Waals surface area contributed by atoms with Gasteiger partial charge in [-0.1, -0.05) is 0 Å². The van der Waals surface area contributed by atoms with E-state index in [1.165, 1.54) is 25.7 Å². The fourth-order valence-electron chi connectivity index (χ4n) is 2.08. The van der Waals surface area contributed by atoms with E-state index in [0.717, 1.165) is 5.57 Å². The number of carbonyl (C=O) groups excluding carboxylic acids is 1. The fraction of sp³-hybridized carbons (Fsp3) is 0.727. The molecule has 0 bridgehead atoms. The molecule has 1 N–H and O–H groups in total. The Balaban J connectivity index is 1.75. The van der Waals surface area contributed by atoms with Gasteiger partial charge in [0.1, 0.15) is 6.17 Å². The average molecular weight is 192 g/mol. The molecule has 0 aromatic rings. The van der Waals surface area contributed by atoms with E-state index in [0.29, 0.717) is 12.1 Å². The van der Waals surface area contributed by atoms with E-state index < -0.39 is 0 Å². The number of rotatable bonds is 3. The third kappa shape index (κ3) is 1.36. The van der Waals surface area contributed by atoms with Gasteiger partial charge in [-0.15, -0.1) is 0 Å². The number of nitrogens with one attached hydrogen (secondary N) is 1. The van der Waals surface area contributed by atoms with Crippen molar-refractivity contribution in [3.63, 3.8) is 0 Å². The van der Waals surface area contributed by atoms with Crippen LogP contribution in [0.1, 0.15) is 32.6 Å². The molecule has 1 heterocycles. The van der Waals surface area contributed by atoms with E-state index in [2.05, 4.69) is 11.4 Å². The van der Waals surface area contributed by atoms with Gasteiger partial charge in [-0.3, -0.25) is 10.1 Å². The summed E-state index contributed by atoms with van der Waals surface area (Å²) < 4.78 is 0. The van der Waals surface area contributed by atoms with Crippen molar-refractivity contribution in [3.05, 3.63) is 11.6 Å². The maximum Gasteiger partial charge on any atom is 0.251 e. The largest absolute Gasteiger partial charge is 0.317 e. The second-order valence-electron chi connectivity index (χ2n) is 4.68. The molecule has 3 rings (SSSR count). The first-order valence-corrected chi connectivity index (χ1v) is 5.53. The van der Waals surface area contributed by atoms with Gasteiger partial charge in [0.2, 0.25) is 0 Å². The molecule has 2 saturated carbocycles. The summed E-state index contributed by atoms with van der Waals surface area (Å²) in [7, 11) is 0. The van der Waals surface area contributed by atoms with Crippen molar-refractivity contribution in [2.24, 2.45) is 0 Å². The molecule has 1 amide bonds. The van der Waals surface area contributed by atoms with Gasteiger partial charge in [0, 0.05) is 17.7 Å². The van der Waals surface area contributed by atoms with E-state index in [-0.39, 0.29) is 12.1 Å². The van der Waals surface area contributed by atoms with Gasteiger partial charge < -0.3 is 4.90 Å². The smallest absolute Gasteiger partial charge is 0.251 e. The van der Waals surface area contributed by atoms with Gasteiger partial charge in [0.05, 0.1) is 0 Å². The molecule has 1 aliphatic heterocycles. The molecule has 14 heavy (non-hydrogen) atoms. The molecule has 0 aromatic carbocycles. The molecule has 0 radical (unpaired) electrons. The number of hydrogen-bond donors (Lipinski definition) is 1. The lowest BCUT2D eigenvalue weighted by molar-refractivity contribution is -0.128. The summed E-state index contributed by atoms with van der Waals surface area (Å²) in [4.78, 5) is 13.9. The van der Waals surface area contributed by atoms with Crippen LogP contribution < -0.4 is 5.32 Å². The van der Waals surface area contributed by atoms with Crippen molar-refractivity contribution in [1.82, 2.24) is 10.2 Å². The topological polar surface area (TPSA) is 32.3 Å². The lowest BCUT2D eigenvalue weighted by Crippen LogP contribution is -2.45. The third-order valence-corrected chi connectivity index (χ3v) is 3.20. The Labute approximate surface area is 84.2 Å². The van der Waals surface area contributed by atoms with Crippen LogP contribution in [0.3, 0.4) is 0 Å². The Morgan fingerprint density at radius 3 is 2.64 bits per heavy atom. The van der Waals surface area contributed by atoms with Gasteiger partial charge in [-0.25, -0.2) is 0 Å². The highest BCUT2D eigenvalue weighted by Gasteiger charge is 2.42. The minimum absolute atomic E-state index is 0.197.